The molecule has 2 aromatic rings. The molecule has 4 N–H and O–H groups in total. The van der Waals surface area contributed by atoms with E-state index >= 15 is 0 Å². The van der Waals surface area contributed by atoms with Crippen molar-refractivity contribution in [3.8, 4) is 0 Å². The van der Waals surface area contributed by atoms with Gasteiger partial charge in [0.2, 0.25) is 5.91 Å². The number of ketones is 1. The van der Waals surface area contributed by atoms with Gasteiger partial charge in [0.15, 0.2) is 11.9 Å². The highest BCUT2D eigenvalue weighted by atomic mass is 35.5. The smallest absolute Gasteiger partial charge is 0.383 e. The Bertz CT molecular complexity index is 954. The normalized spacial score (nSPS) is 15.4. The van der Waals surface area contributed by atoms with Crippen LogP contribution in [0.25, 0.3) is 0 Å². The number of hydrogen-bond donors (Lipinski definition) is 3. The van der Waals surface area contributed by atoms with Crippen molar-refractivity contribution in [3.63, 3.8) is 0 Å². The van der Waals surface area contributed by atoms with Crippen molar-refractivity contribution in [3.05, 3.63) is 70.7 Å². The second-order valence-electron chi connectivity index (χ2n) is 8.76. The number of aliphatic hydroxyl groups is 1. The molecule has 0 aromatic heterocycles. The Kier molecular flexibility index (Phi) is 10.1. The van der Waals surface area contributed by atoms with E-state index in [9.17, 15) is 27.9 Å². The molecule has 0 saturated heterocycles. The summed E-state index contributed by atoms with van der Waals surface area (Å²) in [6, 6.07) is 13.6. The fourth-order valence-corrected chi connectivity index (χ4v) is 3.93. The molecule has 0 unspecified atom stereocenters. The Morgan fingerprint density at radius 2 is 1.65 bits per heavy atom. The second kappa shape index (κ2) is 12.3. The molecule has 0 spiro atoms. The zero-order chi connectivity index (χ0) is 25.5. The van der Waals surface area contributed by atoms with Crippen LogP contribution in [0.5, 0.6) is 0 Å². The fourth-order valence-electron chi connectivity index (χ4n) is 3.71. The average Bonchev–Trinajstić information content (AvgIpc) is 2.76. The molecule has 9 heteroatoms. The highest BCUT2D eigenvalue weighted by Gasteiger charge is 2.45. The Labute approximate surface area is 202 Å². The Morgan fingerprint density at radius 3 is 2.21 bits per heavy atom. The third kappa shape index (κ3) is 8.42. The number of halogens is 4. The zero-order valence-corrected chi connectivity index (χ0v) is 19.8. The summed E-state index contributed by atoms with van der Waals surface area (Å²) in [5, 5.41) is 12.9. The van der Waals surface area contributed by atoms with E-state index in [0.29, 0.717) is 5.02 Å². The third-order valence-corrected chi connectivity index (χ3v) is 5.94. The van der Waals surface area contributed by atoms with Crippen molar-refractivity contribution < 1.29 is 27.9 Å². The maximum atomic E-state index is 13.2. The summed E-state index contributed by atoms with van der Waals surface area (Å²) in [5.41, 5.74) is 7.50. The van der Waals surface area contributed by atoms with E-state index < -0.39 is 54.3 Å². The maximum absolute atomic E-state index is 13.2. The van der Waals surface area contributed by atoms with Gasteiger partial charge in [-0.05, 0) is 42.0 Å². The number of nitrogens with one attached hydrogen (secondary N) is 1. The van der Waals surface area contributed by atoms with Crippen LogP contribution in [0.15, 0.2) is 54.6 Å². The van der Waals surface area contributed by atoms with Crippen molar-refractivity contribution >= 4 is 23.3 Å². The van der Waals surface area contributed by atoms with Gasteiger partial charge in [-0.1, -0.05) is 67.9 Å². The first kappa shape index (κ1) is 27.8. The maximum Gasteiger partial charge on any atom is 0.414 e. The molecule has 0 aliphatic heterocycles. The summed E-state index contributed by atoms with van der Waals surface area (Å²) in [6.45, 7) is 3.02. The second-order valence-corrected chi connectivity index (χ2v) is 9.19. The van der Waals surface area contributed by atoms with Crippen LogP contribution in [0.4, 0.5) is 13.2 Å². The van der Waals surface area contributed by atoms with Gasteiger partial charge < -0.3 is 16.2 Å². The predicted octanol–water partition coefficient (Wildman–Crippen LogP) is 4.09. The molecule has 2 rings (SSSR count). The lowest BCUT2D eigenvalue weighted by atomic mass is 9.83. The van der Waals surface area contributed by atoms with E-state index in [2.05, 4.69) is 5.32 Å². The van der Waals surface area contributed by atoms with Crippen LogP contribution in [0.2, 0.25) is 5.02 Å². The van der Waals surface area contributed by atoms with Crippen molar-refractivity contribution in [2.75, 3.05) is 0 Å². The van der Waals surface area contributed by atoms with Crippen molar-refractivity contribution in [2.24, 2.45) is 17.6 Å². The minimum atomic E-state index is -4.85. The van der Waals surface area contributed by atoms with Gasteiger partial charge in [0.25, 0.3) is 0 Å². The Balaban J connectivity index is 2.19. The number of nitrogens with two attached hydrogens (primary N) is 1. The average molecular weight is 499 g/mol. The molecule has 0 aliphatic carbocycles. The number of amides is 1. The molecule has 0 heterocycles. The number of carbonyl (C=O) groups is 2. The Hall–Kier alpha value is -2.42. The van der Waals surface area contributed by atoms with Gasteiger partial charge in [-0.3, -0.25) is 9.59 Å². The highest BCUT2D eigenvalue weighted by molar-refractivity contribution is 6.30. The number of alkyl halides is 3. The first-order chi connectivity index (χ1) is 15.9. The molecule has 4 atom stereocenters. The van der Waals surface area contributed by atoms with Gasteiger partial charge in [-0.15, -0.1) is 0 Å². The summed E-state index contributed by atoms with van der Waals surface area (Å²) in [7, 11) is 0. The van der Waals surface area contributed by atoms with Gasteiger partial charge in [0.1, 0.15) is 0 Å². The van der Waals surface area contributed by atoms with Crippen LogP contribution in [-0.4, -0.2) is 41.2 Å². The zero-order valence-electron chi connectivity index (χ0n) is 19.1. The quantitative estimate of drug-likeness (QED) is 0.435. The van der Waals surface area contributed by atoms with Crippen LogP contribution in [0, 0.1) is 11.8 Å². The van der Waals surface area contributed by atoms with Crippen molar-refractivity contribution in [1.82, 2.24) is 5.32 Å². The standard InChI is InChI=1S/C25H30ClF3N2O3/c1-15(2)19(23(33)25(27,28)29)14-22(32)21(13-16-7-4-3-5-8-16)31-24(34)20(30)12-17-9-6-10-18(26)11-17/h3-11,15,19-21,23,33H,12-14,30H2,1-2H3,(H,31,34)/t19-,20+,21-,23-/m0/s1. The SMILES string of the molecule is CC(C)[C@H](CC(=O)[C@H](Cc1ccccc1)NC(=O)[C@H](N)Cc1cccc(Cl)c1)[C@H](O)C(F)(F)F. The van der Waals surface area contributed by atoms with E-state index in [1.165, 1.54) is 13.8 Å². The largest absolute Gasteiger partial charge is 0.414 e. The minimum Gasteiger partial charge on any atom is -0.383 e. The Morgan fingerprint density at radius 1 is 1.03 bits per heavy atom. The number of benzene rings is 2. The molecule has 0 aliphatic rings. The summed E-state index contributed by atoms with van der Waals surface area (Å²) >= 11 is 5.97. The van der Waals surface area contributed by atoms with Crippen LogP contribution < -0.4 is 11.1 Å². The fraction of sp³-hybridized carbons (Fsp3) is 0.440. The lowest BCUT2D eigenvalue weighted by molar-refractivity contribution is -0.224. The summed E-state index contributed by atoms with van der Waals surface area (Å²) < 4.78 is 39.5. The topological polar surface area (TPSA) is 92.4 Å². The molecular formula is C25H30ClF3N2O3. The predicted molar refractivity (Wildman–Crippen MR) is 125 cm³/mol. The van der Waals surface area contributed by atoms with Crippen molar-refractivity contribution in [2.45, 2.75) is 57.5 Å². The van der Waals surface area contributed by atoms with Gasteiger partial charge >= 0.3 is 6.18 Å². The molecule has 0 saturated carbocycles. The number of hydrogen-bond acceptors (Lipinski definition) is 4. The first-order valence-corrected chi connectivity index (χ1v) is 11.4. The number of Topliss-reactive ketones (excluding diaryl/α,β-unsaturated/α-hetero) is 1. The molecule has 186 valence electrons. The molecule has 0 bridgehead atoms. The minimum absolute atomic E-state index is 0.0855. The van der Waals surface area contributed by atoms with E-state index in [1.807, 2.05) is 0 Å². The molecule has 2 aromatic carbocycles. The molecule has 5 nitrogen and oxygen atoms in total. The van der Waals surface area contributed by atoms with Crippen LogP contribution in [-0.2, 0) is 22.4 Å². The molecule has 1 amide bonds. The van der Waals surface area contributed by atoms with Gasteiger partial charge in [0, 0.05) is 17.4 Å². The molecule has 0 fully saturated rings. The molecule has 0 radical (unpaired) electrons. The number of carbonyl (C=O) groups excluding carboxylic acids is 2. The van der Waals surface area contributed by atoms with Crippen LogP contribution >= 0.6 is 11.6 Å². The van der Waals surface area contributed by atoms with Gasteiger partial charge in [0.05, 0.1) is 12.1 Å². The van der Waals surface area contributed by atoms with E-state index in [-0.39, 0.29) is 12.8 Å². The van der Waals surface area contributed by atoms with Crippen LogP contribution in [0.3, 0.4) is 0 Å². The van der Waals surface area contributed by atoms with Crippen molar-refractivity contribution in [1.29, 1.82) is 0 Å². The van der Waals surface area contributed by atoms with E-state index in [0.717, 1.165) is 11.1 Å². The highest BCUT2D eigenvalue weighted by Crippen LogP contribution is 2.32. The van der Waals surface area contributed by atoms with Gasteiger partial charge in [-0.2, -0.15) is 13.2 Å². The first-order valence-electron chi connectivity index (χ1n) is 11.0. The summed E-state index contributed by atoms with van der Waals surface area (Å²) in [4.78, 5) is 25.9. The lowest BCUT2D eigenvalue weighted by Crippen LogP contribution is -2.51. The van der Waals surface area contributed by atoms with Crippen LogP contribution in [0.1, 0.15) is 31.4 Å². The van der Waals surface area contributed by atoms with E-state index in [1.54, 1.807) is 54.6 Å². The summed E-state index contributed by atoms with van der Waals surface area (Å²) in [6.07, 6.45) is -7.79. The number of aliphatic hydroxyl groups excluding tert-OH is 1. The molecule has 34 heavy (non-hydrogen) atoms. The van der Waals surface area contributed by atoms with E-state index in [4.69, 9.17) is 17.3 Å². The lowest BCUT2D eigenvalue weighted by Gasteiger charge is -2.29. The summed E-state index contributed by atoms with van der Waals surface area (Å²) in [5.74, 6) is -3.16. The molecular weight excluding hydrogens is 469 g/mol. The monoisotopic (exact) mass is 498 g/mol. The number of rotatable bonds is 11. The third-order valence-electron chi connectivity index (χ3n) is 5.70. The van der Waals surface area contributed by atoms with Gasteiger partial charge in [-0.25, -0.2) is 0 Å².